The Morgan fingerprint density at radius 3 is 2.27 bits per heavy atom. The molecule has 1 nitrogen and oxygen atoms in total. The summed E-state index contributed by atoms with van der Waals surface area (Å²) in [6.07, 6.45) is -1.30. The van der Waals surface area contributed by atoms with E-state index in [0.717, 1.165) is 30.5 Å². The molecule has 0 N–H and O–H groups in total. The lowest BCUT2D eigenvalue weighted by molar-refractivity contribution is -0.137. The molecule has 2 rings (SSSR count). The summed E-state index contributed by atoms with van der Waals surface area (Å²) in [6.45, 7) is 2.01. The average molecular weight is 309 g/mol. The van der Waals surface area contributed by atoms with E-state index < -0.39 is 17.6 Å². The topological polar surface area (TPSA) is 12.4 Å². The van der Waals surface area contributed by atoms with Gasteiger partial charge in [0.2, 0.25) is 0 Å². The first-order valence-corrected chi connectivity index (χ1v) is 6.90. The van der Waals surface area contributed by atoms with Gasteiger partial charge >= 0.3 is 6.18 Å². The first-order valence-electron chi connectivity index (χ1n) is 6.90. The maximum atomic E-state index is 13.8. The molecule has 2 aromatic carbocycles. The van der Waals surface area contributed by atoms with Crippen LogP contribution in [-0.2, 0) is 12.6 Å². The van der Waals surface area contributed by atoms with E-state index in [1.165, 1.54) is 24.4 Å². The van der Waals surface area contributed by atoms with Crippen molar-refractivity contribution in [3.8, 4) is 0 Å². The summed E-state index contributed by atoms with van der Waals surface area (Å²) < 4.78 is 51.2. The van der Waals surface area contributed by atoms with Crippen LogP contribution in [0.4, 0.5) is 23.2 Å². The van der Waals surface area contributed by atoms with E-state index in [-0.39, 0.29) is 5.69 Å². The van der Waals surface area contributed by atoms with Gasteiger partial charge in [-0.2, -0.15) is 13.2 Å². The monoisotopic (exact) mass is 309 g/mol. The van der Waals surface area contributed by atoms with Crippen LogP contribution in [0.1, 0.15) is 30.0 Å². The predicted octanol–water partition coefficient (Wildman–Crippen LogP) is 5.55. The van der Waals surface area contributed by atoms with Gasteiger partial charge in [-0.25, -0.2) is 4.39 Å². The van der Waals surface area contributed by atoms with Crippen LogP contribution >= 0.6 is 0 Å². The lowest BCUT2D eigenvalue weighted by Crippen LogP contribution is -2.04. The van der Waals surface area contributed by atoms with Crippen LogP contribution in [0, 0.1) is 5.82 Å². The standard InChI is InChI=1S/C17H15F4N/c1-2-3-12-6-9-16(15(18)10-12)22-11-13-4-7-14(8-5-13)17(19,20)21/h4-11H,2-3H2,1H3. The van der Waals surface area contributed by atoms with Crippen molar-refractivity contribution in [1.29, 1.82) is 0 Å². The van der Waals surface area contributed by atoms with Crippen molar-refractivity contribution in [2.45, 2.75) is 25.9 Å². The number of alkyl halides is 3. The molecule has 0 amide bonds. The van der Waals surface area contributed by atoms with Crippen LogP contribution in [0.15, 0.2) is 47.5 Å². The minimum Gasteiger partial charge on any atom is -0.253 e. The molecule has 0 aliphatic rings. The van der Waals surface area contributed by atoms with Gasteiger partial charge in [0.15, 0.2) is 0 Å². The molecule has 5 heteroatoms. The molecule has 22 heavy (non-hydrogen) atoms. The Labute approximate surface area is 126 Å². The number of aliphatic imine (C=N–C) groups is 1. The lowest BCUT2D eigenvalue weighted by Gasteiger charge is -2.05. The summed E-state index contributed by atoms with van der Waals surface area (Å²) in [6, 6.07) is 9.35. The van der Waals surface area contributed by atoms with Crippen LogP contribution in [0.25, 0.3) is 0 Å². The normalized spacial score (nSPS) is 12.0. The number of halogens is 4. The van der Waals surface area contributed by atoms with Gasteiger partial charge in [-0.1, -0.05) is 31.5 Å². The average Bonchev–Trinajstić information content (AvgIpc) is 2.46. The van der Waals surface area contributed by atoms with Crippen LogP contribution in [-0.4, -0.2) is 6.21 Å². The molecule has 0 unspecified atom stereocenters. The third-order valence-electron chi connectivity index (χ3n) is 3.14. The van der Waals surface area contributed by atoms with E-state index in [9.17, 15) is 17.6 Å². The lowest BCUT2D eigenvalue weighted by atomic mass is 10.1. The smallest absolute Gasteiger partial charge is 0.253 e. The zero-order valence-corrected chi connectivity index (χ0v) is 12.0. The third kappa shape index (κ3) is 4.16. The first-order chi connectivity index (χ1) is 10.4. The molecule has 0 radical (unpaired) electrons. The molecule has 0 heterocycles. The fraction of sp³-hybridized carbons (Fsp3) is 0.235. The van der Waals surface area contributed by atoms with Crippen molar-refractivity contribution in [3.63, 3.8) is 0 Å². The summed E-state index contributed by atoms with van der Waals surface area (Å²) in [5, 5.41) is 0. The van der Waals surface area contributed by atoms with Crippen molar-refractivity contribution >= 4 is 11.9 Å². The van der Waals surface area contributed by atoms with Gasteiger partial charge in [-0.15, -0.1) is 0 Å². The summed E-state index contributed by atoms with van der Waals surface area (Å²) >= 11 is 0. The summed E-state index contributed by atoms with van der Waals surface area (Å²) in [5.41, 5.74) is 0.818. The first kappa shape index (κ1) is 16.2. The number of rotatable bonds is 4. The van der Waals surface area contributed by atoms with Crippen molar-refractivity contribution in [1.82, 2.24) is 0 Å². The van der Waals surface area contributed by atoms with E-state index in [1.807, 2.05) is 6.92 Å². The van der Waals surface area contributed by atoms with Gasteiger partial charge in [-0.05, 0) is 41.8 Å². The maximum Gasteiger partial charge on any atom is 0.416 e. The second kappa shape index (κ2) is 6.73. The second-order valence-corrected chi connectivity index (χ2v) is 4.91. The Hall–Kier alpha value is -2.17. The fourth-order valence-corrected chi connectivity index (χ4v) is 2.00. The highest BCUT2D eigenvalue weighted by Crippen LogP contribution is 2.29. The minimum absolute atomic E-state index is 0.166. The highest BCUT2D eigenvalue weighted by atomic mass is 19.4. The fourth-order valence-electron chi connectivity index (χ4n) is 2.00. The largest absolute Gasteiger partial charge is 0.416 e. The van der Waals surface area contributed by atoms with E-state index in [4.69, 9.17) is 0 Å². The van der Waals surface area contributed by atoms with E-state index in [0.29, 0.717) is 5.56 Å². The molecule has 0 saturated carbocycles. The molecule has 0 aliphatic heterocycles. The summed E-state index contributed by atoms with van der Waals surface area (Å²) in [5.74, 6) is -0.436. The number of benzene rings is 2. The minimum atomic E-state index is -4.36. The van der Waals surface area contributed by atoms with Crippen molar-refractivity contribution in [3.05, 3.63) is 65.0 Å². The quantitative estimate of drug-likeness (QED) is 0.519. The molecule has 0 aliphatic carbocycles. The van der Waals surface area contributed by atoms with Gasteiger partial charge in [0.25, 0.3) is 0 Å². The number of nitrogens with zero attached hydrogens (tertiary/aromatic N) is 1. The van der Waals surface area contributed by atoms with Gasteiger partial charge < -0.3 is 0 Å². The summed E-state index contributed by atoms with van der Waals surface area (Å²) in [4.78, 5) is 3.99. The molecule has 0 saturated heterocycles. The number of hydrogen-bond acceptors (Lipinski definition) is 1. The molecule has 2 aromatic rings. The zero-order chi connectivity index (χ0) is 16.2. The summed E-state index contributed by atoms with van der Waals surface area (Å²) in [7, 11) is 0. The second-order valence-electron chi connectivity index (χ2n) is 4.91. The number of hydrogen-bond donors (Lipinski definition) is 0. The molecular formula is C17H15F4N. The van der Waals surface area contributed by atoms with Gasteiger partial charge in [0, 0.05) is 6.21 Å². The maximum absolute atomic E-state index is 13.8. The van der Waals surface area contributed by atoms with E-state index >= 15 is 0 Å². The molecule has 0 spiro atoms. The Balaban J connectivity index is 2.15. The Kier molecular flexibility index (Phi) is 4.96. The molecule has 0 aromatic heterocycles. The van der Waals surface area contributed by atoms with Gasteiger partial charge in [0.05, 0.1) is 11.3 Å². The molecule has 0 fully saturated rings. The van der Waals surface area contributed by atoms with E-state index in [2.05, 4.69) is 4.99 Å². The van der Waals surface area contributed by atoms with Gasteiger partial charge in [-0.3, -0.25) is 4.99 Å². The third-order valence-corrected chi connectivity index (χ3v) is 3.14. The van der Waals surface area contributed by atoms with Crippen molar-refractivity contribution in [2.75, 3.05) is 0 Å². The van der Waals surface area contributed by atoms with Crippen LogP contribution in [0.3, 0.4) is 0 Å². The predicted molar refractivity (Wildman–Crippen MR) is 79.1 cm³/mol. The highest BCUT2D eigenvalue weighted by molar-refractivity contribution is 5.82. The zero-order valence-electron chi connectivity index (χ0n) is 12.0. The molecular weight excluding hydrogens is 294 g/mol. The molecule has 0 atom stereocenters. The Morgan fingerprint density at radius 2 is 1.73 bits per heavy atom. The Morgan fingerprint density at radius 1 is 1.05 bits per heavy atom. The Bertz CT molecular complexity index is 657. The highest BCUT2D eigenvalue weighted by Gasteiger charge is 2.29. The molecule has 0 bridgehead atoms. The SMILES string of the molecule is CCCc1ccc(N=Cc2ccc(C(F)(F)F)cc2)c(F)c1. The van der Waals surface area contributed by atoms with E-state index in [1.54, 1.807) is 12.1 Å². The van der Waals surface area contributed by atoms with Crippen LogP contribution < -0.4 is 0 Å². The molecule has 116 valence electrons. The van der Waals surface area contributed by atoms with Crippen LogP contribution in [0.5, 0.6) is 0 Å². The van der Waals surface area contributed by atoms with Crippen molar-refractivity contribution in [2.24, 2.45) is 4.99 Å². The van der Waals surface area contributed by atoms with Crippen LogP contribution in [0.2, 0.25) is 0 Å². The van der Waals surface area contributed by atoms with Gasteiger partial charge in [0.1, 0.15) is 5.82 Å². The van der Waals surface area contributed by atoms with Crippen molar-refractivity contribution < 1.29 is 17.6 Å². The number of aryl methyl sites for hydroxylation is 1.